The average molecular weight is 257 g/mol. The first-order chi connectivity index (χ1) is 8.52. The molecule has 0 saturated heterocycles. The monoisotopic (exact) mass is 257 g/mol. The van der Waals surface area contributed by atoms with Crippen molar-refractivity contribution >= 4 is 12.0 Å². The van der Waals surface area contributed by atoms with Crippen molar-refractivity contribution in [2.24, 2.45) is 0 Å². The molecule has 0 aliphatic carbocycles. The molecule has 2 amide bonds. The van der Waals surface area contributed by atoms with E-state index < -0.39 is 5.97 Å². The smallest absolute Gasteiger partial charge is 0.325 e. The number of urea groups is 1. The fourth-order valence-corrected chi connectivity index (χ4v) is 1.19. The summed E-state index contributed by atoms with van der Waals surface area (Å²) in [4.78, 5) is 23.2. The first-order valence-corrected chi connectivity index (χ1v) is 5.23. The van der Waals surface area contributed by atoms with Crippen molar-refractivity contribution < 1.29 is 19.8 Å². The van der Waals surface area contributed by atoms with E-state index in [0.717, 1.165) is 0 Å². The molecular weight excluding hydrogens is 242 g/mol. The normalized spacial score (nSPS) is 10.1. The van der Waals surface area contributed by atoms with Gasteiger partial charge in [-0.15, -0.1) is 5.10 Å². The highest BCUT2D eigenvalue weighted by atomic mass is 16.4. The highest BCUT2D eigenvalue weighted by molar-refractivity contribution is 5.73. The number of aliphatic hydroxyl groups excluding tert-OH is 1. The van der Waals surface area contributed by atoms with Gasteiger partial charge in [0.05, 0.1) is 19.3 Å². The molecule has 0 aliphatic heterocycles. The summed E-state index contributed by atoms with van der Waals surface area (Å²) in [6.07, 6.45) is 1.44. The van der Waals surface area contributed by atoms with Crippen LogP contribution in [0.1, 0.15) is 5.69 Å². The minimum absolute atomic E-state index is 0.112. The summed E-state index contributed by atoms with van der Waals surface area (Å²) in [7, 11) is 1.55. The van der Waals surface area contributed by atoms with Gasteiger partial charge in [-0.05, 0) is 0 Å². The molecule has 0 bridgehead atoms. The zero-order chi connectivity index (χ0) is 13.5. The van der Waals surface area contributed by atoms with Crippen molar-refractivity contribution in [1.29, 1.82) is 0 Å². The van der Waals surface area contributed by atoms with Crippen LogP contribution in [-0.2, 0) is 17.9 Å². The molecule has 3 N–H and O–H groups in total. The number of amides is 2. The lowest BCUT2D eigenvalue weighted by atomic mass is 10.4. The van der Waals surface area contributed by atoms with E-state index >= 15 is 0 Å². The predicted molar refractivity (Wildman–Crippen MR) is 59.6 cm³/mol. The number of aromatic nitrogens is 3. The van der Waals surface area contributed by atoms with Crippen molar-refractivity contribution in [2.75, 3.05) is 20.2 Å². The largest absolute Gasteiger partial charge is 0.480 e. The Hall–Kier alpha value is -2.16. The zero-order valence-corrected chi connectivity index (χ0v) is 9.91. The maximum absolute atomic E-state index is 11.4. The summed E-state index contributed by atoms with van der Waals surface area (Å²) < 4.78 is 1.17. The summed E-state index contributed by atoms with van der Waals surface area (Å²) in [6.45, 7) is -0.00413. The fraction of sp³-hybridized carbons (Fsp3) is 0.556. The Kier molecular flexibility index (Phi) is 5.06. The second-order valence-corrected chi connectivity index (χ2v) is 3.61. The molecule has 1 aromatic rings. The van der Waals surface area contributed by atoms with Crippen LogP contribution in [0.2, 0.25) is 0 Å². The zero-order valence-electron chi connectivity index (χ0n) is 9.91. The first kappa shape index (κ1) is 13.9. The second-order valence-electron chi connectivity index (χ2n) is 3.61. The highest BCUT2D eigenvalue weighted by Gasteiger charge is 2.09. The van der Waals surface area contributed by atoms with Crippen LogP contribution in [-0.4, -0.2) is 62.3 Å². The molecule has 1 heterocycles. The Morgan fingerprint density at radius 2 is 2.28 bits per heavy atom. The van der Waals surface area contributed by atoms with Gasteiger partial charge in [0.2, 0.25) is 0 Å². The van der Waals surface area contributed by atoms with Crippen LogP contribution in [0.25, 0.3) is 0 Å². The summed E-state index contributed by atoms with van der Waals surface area (Å²) in [6, 6.07) is -0.350. The van der Waals surface area contributed by atoms with E-state index in [1.807, 2.05) is 0 Å². The van der Waals surface area contributed by atoms with Gasteiger partial charge in [-0.2, -0.15) is 0 Å². The minimum Gasteiger partial charge on any atom is -0.480 e. The molecule has 0 atom stereocenters. The number of rotatable bonds is 6. The molecular formula is C9H15N5O4. The number of nitrogens with one attached hydrogen (secondary N) is 1. The quantitative estimate of drug-likeness (QED) is 0.570. The molecule has 0 aliphatic rings. The molecule has 9 nitrogen and oxygen atoms in total. The summed E-state index contributed by atoms with van der Waals surface area (Å²) in [5.41, 5.74) is 0.460. The Bertz CT molecular complexity index is 419. The number of carboxylic acids is 1. The molecule has 100 valence electrons. The molecule has 0 saturated carbocycles. The molecule has 9 heteroatoms. The van der Waals surface area contributed by atoms with Gasteiger partial charge < -0.3 is 20.4 Å². The topological polar surface area (TPSA) is 121 Å². The lowest BCUT2D eigenvalue weighted by molar-refractivity contribution is -0.137. The maximum atomic E-state index is 11.4. The van der Waals surface area contributed by atoms with Gasteiger partial charge in [0.25, 0.3) is 0 Å². The molecule has 0 unspecified atom stereocenters. The Balaban J connectivity index is 2.41. The number of aliphatic carboxylic acids is 1. The molecule has 1 aromatic heterocycles. The van der Waals surface area contributed by atoms with Crippen molar-refractivity contribution in [1.82, 2.24) is 25.2 Å². The molecule has 0 spiro atoms. The van der Waals surface area contributed by atoms with Crippen LogP contribution in [0.5, 0.6) is 0 Å². The minimum atomic E-state index is -1.02. The summed E-state index contributed by atoms with van der Waals surface area (Å²) in [5.74, 6) is -1.02. The fourth-order valence-electron chi connectivity index (χ4n) is 1.19. The van der Waals surface area contributed by atoms with Gasteiger partial charge in [0.15, 0.2) is 0 Å². The van der Waals surface area contributed by atoms with Crippen molar-refractivity contribution in [3.8, 4) is 0 Å². The molecule has 18 heavy (non-hydrogen) atoms. The predicted octanol–water partition coefficient (Wildman–Crippen LogP) is -1.50. The van der Waals surface area contributed by atoms with E-state index in [9.17, 15) is 9.59 Å². The van der Waals surface area contributed by atoms with E-state index in [2.05, 4.69) is 15.6 Å². The average Bonchev–Trinajstić information content (AvgIpc) is 2.73. The second kappa shape index (κ2) is 6.55. The maximum Gasteiger partial charge on any atom is 0.325 e. The first-order valence-electron chi connectivity index (χ1n) is 5.23. The molecule has 0 radical (unpaired) electrons. The molecule has 0 aromatic carbocycles. The number of carbonyl (C=O) groups is 2. The molecule has 1 rings (SSSR count). The van der Waals surface area contributed by atoms with Gasteiger partial charge in [0, 0.05) is 13.6 Å². The van der Waals surface area contributed by atoms with Gasteiger partial charge in [0.1, 0.15) is 12.2 Å². The number of carboxylic acid groups (broad SMARTS) is 1. The van der Waals surface area contributed by atoms with Crippen LogP contribution in [0.4, 0.5) is 4.79 Å². The number of hydrogen-bond acceptors (Lipinski definition) is 5. The number of nitrogens with zero attached hydrogens (tertiary/aromatic N) is 4. The third kappa shape index (κ3) is 4.37. The van der Waals surface area contributed by atoms with Gasteiger partial charge in [-0.25, -0.2) is 9.48 Å². The van der Waals surface area contributed by atoms with E-state index in [4.69, 9.17) is 10.2 Å². The highest BCUT2D eigenvalue weighted by Crippen LogP contribution is 1.93. The van der Waals surface area contributed by atoms with E-state index in [0.29, 0.717) is 5.69 Å². The van der Waals surface area contributed by atoms with E-state index in [-0.39, 0.29) is 32.3 Å². The lowest BCUT2D eigenvalue weighted by Gasteiger charge is -2.15. The SMILES string of the molecule is CN(CCO)C(=O)NCc1cn(CC(=O)O)nn1. The molecule has 0 fully saturated rings. The number of likely N-dealkylation sites (N-methyl/N-ethyl adjacent to an activating group) is 1. The van der Waals surface area contributed by atoms with Crippen LogP contribution >= 0.6 is 0 Å². The number of aliphatic hydroxyl groups is 1. The Morgan fingerprint density at radius 1 is 1.56 bits per heavy atom. The van der Waals surface area contributed by atoms with Gasteiger partial charge in [-0.1, -0.05) is 5.21 Å². The van der Waals surface area contributed by atoms with Gasteiger partial charge in [-0.3, -0.25) is 4.79 Å². The third-order valence-corrected chi connectivity index (χ3v) is 2.09. The van der Waals surface area contributed by atoms with Crippen LogP contribution < -0.4 is 5.32 Å². The number of hydrogen-bond donors (Lipinski definition) is 3. The third-order valence-electron chi connectivity index (χ3n) is 2.09. The Morgan fingerprint density at radius 3 is 2.89 bits per heavy atom. The van der Waals surface area contributed by atoms with Crippen molar-refractivity contribution in [3.63, 3.8) is 0 Å². The van der Waals surface area contributed by atoms with Crippen molar-refractivity contribution in [3.05, 3.63) is 11.9 Å². The summed E-state index contributed by atoms with van der Waals surface area (Å²) in [5, 5.41) is 27.1. The standard InChI is InChI=1S/C9H15N5O4/c1-13(2-3-15)9(18)10-4-7-5-14(12-11-7)6-8(16)17/h5,15H,2-4,6H2,1H3,(H,10,18)(H,16,17). The van der Waals surface area contributed by atoms with Crippen molar-refractivity contribution in [2.45, 2.75) is 13.1 Å². The Labute approximate surface area is 103 Å². The van der Waals surface area contributed by atoms with Gasteiger partial charge >= 0.3 is 12.0 Å². The van der Waals surface area contributed by atoms with E-state index in [1.54, 1.807) is 7.05 Å². The van der Waals surface area contributed by atoms with Crippen LogP contribution in [0.15, 0.2) is 6.20 Å². The lowest BCUT2D eigenvalue weighted by Crippen LogP contribution is -2.38. The van der Waals surface area contributed by atoms with E-state index in [1.165, 1.54) is 15.8 Å². The van der Waals surface area contributed by atoms with Crippen LogP contribution in [0.3, 0.4) is 0 Å². The number of carbonyl (C=O) groups excluding carboxylic acids is 1. The summed E-state index contributed by atoms with van der Waals surface area (Å²) >= 11 is 0. The van der Waals surface area contributed by atoms with Crippen LogP contribution in [0, 0.1) is 0 Å².